The zero-order valence-electron chi connectivity index (χ0n) is 16.0. The van der Waals surface area contributed by atoms with Gasteiger partial charge in [-0.1, -0.05) is 0 Å². The molecule has 0 fully saturated rings. The molecule has 0 saturated heterocycles. The molecule has 0 N–H and O–H groups in total. The van der Waals surface area contributed by atoms with Crippen LogP contribution in [-0.2, 0) is 0 Å². The number of anilines is 1. The van der Waals surface area contributed by atoms with E-state index in [9.17, 15) is 0 Å². The summed E-state index contributed by atoms with van der Waals surface area (Å²) in [7, 11) is 0. The molecule has 5 rings (SSSR count). The summed E-state index contributed by atoms with van der Waals surface area (Å²) in [6.07, 6.45) is 7.48. The maximum absolute atomic E-state index is 5.85. The Morgan fingerprint density at radius 2 is 2.11 bits per heavy atom. The number of hydrogen-bond donors (Lipinski definition) is 0. The second-order valence-corrected chi connectivity index (χ2v) is 6.90. The van der Waals surface area contributed by atoms with Crippen LogP contribution in [0.3, 0.4) is 0 Å². The summed E-state index contributed by atoms with van der Waals surface area (Å²) in [5.41, 5.74) is 6.32. The highest BCUT2D eigenvalue weighted by atomic mass is 16.5. The number of aryl methyl sites for hydroxylation is 1. The number of aromatic nitrogens is 4. The molecule has 6 nitrogen and oxygen atoms in total. The first-order valence-electron chi connectivity index (χ1n) is 9.52. The third kappa shape index (κ3) is 2.60. The van der Waals surface area contributed by atoms with Crippen LogP contribution in [0.2, 0.25) is 0 Å². The molecule has 1 aromatic carbocycles. The van der Waals surface area contributed by atoms with Crippen LogP contribution in [0, 0.1) is 6.92 Å². The quantitative estimate of drug-likeness (QED) is 0.545. The van der Waals surface area contributed by atoms with Crippen molar-refractivity contribution < 1.29 is 4.74 Å². The van der Waals surface area contributed by atoms with Gasteiger partial charge in [0.25, 0.3) is 0 Å². The largest absolute Gasteiger partial charge is 0.490 e. The number of pyridine rings is 1. The lowest BCUT2D eigenvalue weighted by molar-refractivity contribution is 0.308. The Kier molecular flexibility index (Phi) is 3.97. The fraction of sp³-hybridized carbons (Fsp3) is 0.227. The molecule has 0 spiro atoms. The highest BCUT2D eigenvalue weighted by Gasteiger charge is 2.22. The van der Waals surface area contributed by atoms with Gasteiger partial charge >= 0.3 is 0 Å². The summed E-state index contributed by atoms with van der Waals surface area (Å²) in [6, 6.07) is 10.3. The van der Waals surface area contributed by atoms with E-state index >= 15 is 0 Å². The van der Waals surface area contributed by atoms with Crippen LogP contribution in [0.25, 0.3) is 28.3 Å². The second-order valence-electron chi connectivity index (χ2n) is 6.90. The van der Waals surface area contributed by atoms with Gasteiger partial charge in [-0.25, -0.2) is 9.97 Å². The molecule has 6 heteroatoms. The van der Waals surface area contributed by atoms with Gasteiger partial charge < -0.3 is 9.64 Å². The summed E-state index contributed by atoms with van der Waals surface area (Å²) >= 11 is 0. The van der Waals surface area contributed by atoms with Gasteiger partial charge in [0.1, 0.15) is 12.4 Å². The van der Waals surface area contributed by atoms with Gasteiger partial charge in [0.15, 0.2) is 0 Å². The standard InChI is InChI=1S/C22H21N5O/c1-3-26-11-12-28-19-6-5-16(13-18(19)26)20-21(17-7-9-23-14-15(17)2)27-10-4-8-24-22(27)25-20/h4-10,13-14H,3,11-12H2,1-2H3. The van der Waals surface area contributed by atoms with Crippen LogP contribution in [0.15, 0.2) is 55.1 Å². The number of rotatable bonds is 3. The minimum absolute atomic E-state index is 0.685. The molecule has 0 bridgehead atoms. The molecular weight excluding hydrogens is 350 g/mol. The van der Waals surface area contributed by atoms with Crippen LogP contribution < -0.4 is 9.64 Å². The lowest BCUT2D eigenvalue weighted by Gasteiger charge is -2.30. The zero-order chi connectivity index (χ0) is 19.1. The maximum atomic E-state index is 5.85. The van der Waals surface area contributed by atoms with Crippen molar-refractivity contribution in [3.05, 3.63) is 60.7 Å². The van der Waals surface area contributed by atoms with Gasteiger partial charge in [0.2, 0.25) is 5.78 Å². The number of imidazole rings is 1. The van der Waals surface area contributed by atoms with Gasteiger partial charge in [-0.15, -0.1) is 0 Å². The van der Waals surface area contributed by atoms with Gasteiger partial charge in [0, 0.05) is 42.5 Å². The van der Waals surface area contributed by atoms with Crippen molar-refractivity contribution in [1.82, 2.24) is 19.4 Å². The van der Waals surface area contributed by atoms with E-state index in [1.165, 1.54) is 0 Å². The maximum Gasteiger partial charge on any atom is 0.234 e. The Morgan fingerprint density at radius 1 is 1.18 bits per heavy atom. The summed E-state index contributed by atoms with van der Waals surface area (Å²) in [5.74, 6) is 1.62. The molecule has 140 valence electrons. The molecule has 0 amide bonds. The summed E-state index contributed by atoms with van der Waals surface area (Å²) in [5, 5.41) is 0. The monoisotopic (exact) mass is 371 g/mol. The Bertz CT molecular complexity index is 1170. The lowest BCUT2D eigenvalue weighted by Crippen LogP contribution is -2.32. The molecule has 1 aliphatic rings. The normalized spacial score (nSPS) is 13.4. The van der Waals surface area contributed by atoms with Crippen LogP contribution in [0.1, 0.15) is 12.5 Å². The van der Waals surface area contributed by atoms with Crippen LogP contribution in [-0.4, -0.2) is 39.0 Å². The molecule has 28 heavy (non-hydrogen) atoms. The highest BCUT2D eigenvalue weighted by molar-refractivity contribution is 5.84. The molecule has 0 atom stereocenters. The number of fused-ring (bicyclic) bond motifs is 2. The van der Waals surface area contributed by atoms with Gasteiger partial charge in [-0.2, -0.15) is 0 Å². The molecule has 0 aliphatic carbocycles. The molecule has 0 radical (unpaired) electrons. The predicted molar refractivity (Wildman–Crippen MR) is 110 cm³/mol. The first kappa shape index (κ1) is 16.7. The van der Waals surface area contributed by atoms with Gasteiger partial charge in [0.05, 0.1) is 23.6 Å². The number of benzene rings is 1. The fourth-order valence-electron chi connectivity index (χ4n) is 3.83. The summed E-state index contributed by atoms with van der Waals surface area (Å²) < 4.78 is 7.90. The third-order valence-corrected chi connectivity index (χ3v) is 5.25. The molecule has 3 aromatic heterocycles. The van der Waals surface area contributed by atoms with E-state index in [0.717, 1.165) is 59.2 Å². The molecular formula is C22H21N5O. The van der Waals surface area contributed by atoms with Gasteiger partial charge in [-0.3, -0.25) is 9.38 Å². The number of hydrogen-bond acceptors (Lipinski definition) is 5. The molecule has 0 saturated carbocycles. The van der Waals surface area contributed by atoms with Crippen molar-refractivity contribution in [3.63, 3.8) is 0 Å². The topological polar surface area (TPSA) is 55.5 Å². The van der Waals surface area contributed by atoms with Crippen molar-refractivity contribution in [2.75, 3.05) is 24.6 Å². The minimum atomic E-state index is 0.685. The first-order chi connectivity index (χ1) is 13.8. The highest BCUT2D eigenvalue weighted by Crippen LogP contribution is 2.39. The Balaban J connectivity index is 1.76. The Morgan fingerprint density at radius 3 is 2.96 bits per heavy atom. The fourth-order valence-corrected chi connectivity index (χ4v) is 3.83. The van der Waals surface area contributed by atoms with E-state index in [4.69, 9.17) is 9.72 Å². The van der Waals surface area contributed by atoms with Crippen molar-refractivity contribution in [2.24, 2.45) is 0 Å². The number of likely N-dealkylation sites (N-methyl/N-ethyl adjacent to an activating group) is 1. The van der Waals surface area contributed by atoms with Crippen molar-refractivity contribution in [2.45, 2.75) is 13.8 Å². The number of nitrogens with zero attached hydrogens (tertiary/aromatic N) is 5. The molecule has 4 heterocycles. The van der Waals surface area contributed by atoms with E-state index in [1.54, 1.807) is 6.20 Å². The van der Waals surface area contributed by atoms with Crippen molar-refractivity contribution in [1.29, 1.82) is 0 Å². The van der Waals surface area contributed by atoms with E-state index in [2.05, 4.69) is 40.8 Å². The third-order valence-electron chi connectivity index (χ3n) is 5.25. The van der Waals surface area contributed by atoms with Gasteiger partial charge in [-0.05, 0) is 49.7 Å². The van der Waals surface area contributed by atoms with Crippen LogP contribution >= 0.6 is 0 Å². The van der Waals surface area contributed by atoms with E-state index in [1.807, 2.05) is 41.2 Å². The van der Waals surface area contributed by atoms with Crippen LogP contribution in [0.4, 0.5) is 5.69 Å². The Labute approximate surface area is 163 Å². The van der Waals surface area contributed by atoms with E-state index in [0.29, 0.717) is 5.78 Å². The molecule has 1 aliphatic heterocycles. The molecule has 0 unspecified atom stereocenters. The average Bonchev–Trinajstić information content (AvgIpc) is 3.12. The first-order valence-corrected chi connectivity index (χ1v) is 9.52. The second kappa shape index (κ2) is 6.64. The van der Waals surface area contributed by atoms with E-state index < -0.39 is 0 Å². The summed E-state index contributed by atoms with van der Waals surface area (Å²) in [4.78, 5) is 15.9. The average molecular weight is 371 g/mol. The number of ether oxygens (including phenoxy) is 1. The predicted octanol–water partition coefficient (Wildman–Crippen LogP) is 3.99. The minimum Gasteiger partial charge on any atom is -0.490 e. The Hall–Kier alpha value is -3.41. The smallest absolute Gasteiger partial charge is 0.234 e. The SMILES string of the molecule is CCN1CCOc2ccc(-c3nc4ncccn4c3-c3ccncc3C)cc21. The zero-order valence-corrected chi connectivity index (χ0v) is 16.0. The molecule has 4 aromatic rings. The van der Waals surface area contributed by atoms with Crippen molar-refractivity contribution >= 4 is 11.5 Å². The summed E-state index contributed by atoms with van der Waals surface area (Å²) in [6.45, 7) is 6.81. The van der Waals surface area contributed by atoms with Crippen molar-refractivity contribution in [3.8, 4) is 28.3 Å². The van der Waals surface area contributed by atoms with Crippen LogP contribution in [0.5, 0.6) is 5.75 Å². The van der Waals surface area contributed by atoms with E-state index in [-0.39, 0.29) is 0 Å². The lowest BCUT2D eigenvalue weighted by atomic mass is 10.0.